The number of rotatable bonds is 5. The Morgan fingerprint density at radius 2 is 1.80 bits per heavy atom. The van der Waals surface area contributed by atoms with E-state index in [0.29, 0.717) is 5.11 Å². The zero-order valence-corrected chi connectivity index (χ0v) is 16.0. The summed E-state index contributed by atoms with van der Waals surface area (Å²) in [5.74, 6) is 0. The van der Waals surface area contributed by atoms with Crippen molar-refractivity contribution in [3.05, 3.63) is 54.1 Å². The third-order valence-corrected chi connectivity index (χ3v) is 5.12. The van der Waals surface area contributed by atoms with Crippen LogP contribution in [0.1, 0.15) is 5.56 Å². The van der Waals surface area contributed by atoms with Crippen LogP contribution in [0.5, 0.6) is 0 Å². The SMILES string of the molecule is CSc1cccc(NC(=S)Nc2ccc(C[NH+]3CCOCC3)cc2)c1. The molecule has 6 heteroatoms. The Bertz CT molecular complexity index is 700. The molecule has 2 aromatic rings. The molecule has 0 radical (unpaired) electrons. The van der Waals surface area contributed by atoms with Crippen LogP contribution in [-0.4, -0.2) is 37.7 Å². The van der Waals surface area contributed by atoms with Gasteiger partial charge in [0.1, 0.15) is 19.6 Å². The van der Waals surface area contributed by atoms with E-state index >= 15 is 0 Å². The first-order valence-electron chi connectivity index (χ1n) is 8.45. The van der Waals surface area contributed by atoms with E-state index in [4.69, 9.17) is 17.0 Å². The normalized spacial score (nSPS) is 14.9. The number of thioether (sulfide) groups is 1. The molecule has 0 atom stereocenters. The lowest BCUT2D eigenvalue weighted by atomic mass is 10.2. The van der Waals surface area contributed by atoms with Gasteiger partial charge in [-0.1, -0.05) is 18.2 Å². The minimum Gasteiger partial charge on any atom is -0.370 e. The lowest BCUT2D eigenvalue weighted by molar-refractivity contribution is -0.921. The number of hydrogen-bond acceptors (Lipinski definition) is 3. The third kappa shape index (κ3) is 5.71. The first-order valence-corrected chi connectivity index (χ1v) is 10.1. The maximum atomic E-state index is 5.41. The van der Waals surface area contributed by atoms with E-state index < -0.39 is 0 Å². The van der Waals surface area contributed by atoms with Gasteiger partial charge in [0.15, 0.2) is 5.11 Å². The first-order chi connectivity index (χ1) is 12.2. The molecular formula is C19H24N3OS2+. The fourth-order valence-corrected chi connectivity index (χ4v) is 3.52. The molecule has 0 saturated carbocycles. The summed E-state index contributed by atoms with van der Waals surface area (Å²) in [5.41, 5.74) is 3.34. The predicted molar refractivity (Wildman–Crippen MR) is 110 cm³/mol. The number of quaternary nitrogens is 1. The Balaban J connectivity index is 1.52. The molecule has 0 aromatic heterocycles. The van der Waals surface area contributed by atoms with E-state index in [2.05, 4.69) is 53.3 Å². The van der Waals surface area contributed by atoms with Crippen LogP contribution in [-0.2, 0) is 11.3 Å². The van der Waals surface area contributed by atoms with E-state index in [9.17, 15) is 0 Å². The third-order valence-electron chi connectivity index (χ3n) is 4.19. The fourth-order valence-electron chi connectivity index (χ4n) is 2.83. The van der Waals surface area contributed by atoms with E-state index in [1.54, 1.807) is 16.7 Å². The van der Waals surface area contributed by atoms with Gasteiger partial charge in [-0.05, 0) is 48.8 Å². The number of morpholine rings is 1. The van der Waals surface area contributed by atoms with Gasteiger partial charge >= 0.3 is 0 Å². The molecular weight excluding hydrogens is 350 g/mol. The minimum atomic E-state index is 0.602. The Morgan fingerprint density at radius 3 is 2.52 bits per heavy atom. The van der Waals surface area contributed by atoms with Crippen molar-refractivity contribution >= 4 is 40.5 Å². The highest BCUT2D eigenvalue weighted by Gasteiger charge is 2.13. The van der Waals surface area contributed by atoms with Crippen molar-refractivity contribution in [2.45, 2.75) is 11.4 Å². The van der Waals surface area contributed by atoms with Gasteiger partial charge in [-0.15, -0.1) is 11.8 Å². The highest BCUT2D eigenvalue weighted by atomic mass is 32.2. The van der Waals surface area contributed by atoms with Gasteiger partial charge in [-0.3, -0.25) is 0 Å². The number of anilines is 2. The number of hydrogen-bond donors (Lipinski definition) is 3. The van der Waals surface area contributed by atoms with Crippen LogP contribution in [0.2, 0.25) is 0 Å². The van der Waals surface area contributed by atoms with Crippen molar-refractivity contribution in [1.29, 1.82) is 0 Å². The molecule has 2 aromatic carbocycles. The quantitative estimate of drug-likeness (QED) is 0.554. The van der Waals surface area contributed by atoms with Crippen LogP contribution in [0.4, 0.5) is 11.4 Å². The van der Waals surface area contributed by atoms with Gasteiger partial charge in [0.25, 0.3) is 0 Å². The molecule has 1 aliphatic rings. The second-order valence-corrected chi connectivity index (χ2v) is 7.34. The topological polar surface area (TPSA) is 37.7 Å². The lowest BCUT2D eigenvalue weighted by Gasteiger charge is -2.23. The molecule has 0 bridgehead atoms. The largest absolute Gasteiger partial charge is 0.370 e. The molecule has 1 aliphatic heterocycles. The second-order valence-electron chi connectivity index (χ2n) is 6.05. The highest BCUT2D eigenvalue weighted by Crippen LogP contribution is 2.19. The maximum absolute atomic E-state index is 5.41. The summed E-state index contributed by atoms with van der Waals surface area (Å²) >= 11 is 7.13. The van der Waals surface area contributed by atoms with Crippen LogP contribution < -0.4 is 15.5 Å². The maximum Gasteiger partial charge on any atom is 0.175 e. The van der Waals surface area contributed by atoms with E-state index in [1.807, 2.05) is 12.1 Å². The van der Waals surface area contributed by atoms with Crippen molar-refractivity contribution in [1.82, 2.24) is 0 Å². The zero-order chi connectivity index (χ0) is 17.5. The summed E-state index contributed by atoms with van der Waals surface area (Å²) in [6.07, 6.45) is 2.07. The van der Waals surface area contributed by atoms with Crippen LogP contribution in [0.25, 0.3) is 0 Å². The fraction of sp³-hybridized carbons (Fsp3) is 0.316. The number of ether oxygens (including phenoxy) is 1. The van der Waals surface area contributed by atoms with Crippen LogP contribution in [0.15, 0.2) is 53.4 Å². The van der Waals surface area contributed by atoms with Gasteiger partial charge in [-0.2, -0.15) is 0 Å². The van der Waals surface area contributed by atoms with Gasteiger partial charge in [-0.25, -0.2) is 0 Å². The van der Waals surface area contributed by atoms with Gasteiger partial charge in [0.05, 0.1) is 13.2 Å². The number of nitrogens with one attached hydrogen (secondary N) is 3. The van der Waals surface area contributed by atoms with Crippen molar-refractivity contribution in [3.8, 4) is 0 Å². The van der Waals surface area contributed by atoms with Crippen molar-refractivity contribution in [2.24, 2.45) is 0 Å². The van der Waals surface area contributed by atoms with E-state index in [0.717, 1.165) is 44.2 Å². The molecule has 132 valence electrons. The van der Waals surface area contributed by atoms with Gasteiger partial charge in [0.2, 0.25) is 0 Å². The predicted octanol–water partition coefficient (Wildman–Crippen LogP) is 2.63. The Morgan fingerprint density at radius 1 is 1.08 bits per heavy atom. The molecule has 4 nitrogen and oxygen atoms in total. The summed E-state index contributed by atoms with van der Waals surface area (Å²) in [7, 11) is 0. The van der Waals surface area contributed by atoms with Gasteiger partial charge < -0.3 is 20.3 Å². The van der Waals surface area contributed by atoms with E-state index in [-0.39, 0.29) is 0 Å². The summed E-state index contributed by atoms with van der Waals surface area (Å²) in [6.45, 7) is 4.96. The van der Waals surface area contributed by atoms with Gasteiger partial charge in [0, 0.05) is 21.8 Å². The molecule has 0 amide bonds. The first kappa shape index (κ1) is 18.2. The number of benzene rings is 2. The van der Waals surface area contributed by atoms with Crippen LogP contribution >= 0.6 is 24.0 Å². The minimum absolute atomic E-state index is 0.602. The summed E-state index contributed by atoms with van der Waals surface area (Å²) < 4.78 is 5.41. The molecule has 3 N–H and O–H groups in total. The molecule has 3 rings (SSSR count). The zero-order valence-electron chi connectivity index (χ0n) is 14.4. The van der Waals surface area contributed by atoms with Crippen LogP contribution in [0, 0.1) is 0 Å². The smallest absolute Gasteiger partial charge is 0.175 e. The number of thiocarbonyl (C=S) groups is 1. The molecule has 1 fully saturated rings. The summed E-state index contributed by atoms with van der Waals surface area (Å²) in [6, 6.07) is 16.7. The Kier molecular flexibility index (Phi) is 6.69. The molecule has 0 unspecified atom stereocenters. The summed E-state index contributed by atoms with van der Waals surface area (Å²) in [4.78, 5) is 2.79. The molecule has 1 saturated heterocycles. The molecule has 1 heterocycles. The average Bonchev–Trinajstić information content (AvgIpc) is 2.64. The molecule has 0 aliphatic carbocycles. The Hall–Kier alpha value is -1.60. The van der Waals surface area contributed by atoms with Crippen molar-refractivity contribution in [3.63, 3.8) is 0 Å². The molecule has 25 heavy (non-hydrogen) atoms. The van der Waals surface area contributed by atoms with Crippen molar-refractivity contribution in [2.75, 3.05) is 43.2 Å². The van der Waals surface area contributed by atoms with Crippen LogP contribution in [0.3, 0.4) is 0 Å². The van der Waals surface area contributed by atoms with Crippen molar-refractivity contribution < 1.29 is 9.64 Å². The average molecular weight is 375 g/mol. The monoisotopic (exact) mass is 374 g/mol. The second kappa shape index (κ2) is 9.20. The molecule has 0 spiro atoms. The lowest BCUT2D eigenvalue weighted by Crippen LogP contribution is -3.12. The standard InChI is InChI=1S/C19H23N3OS2/c1-25-18-4-2-3-17(13-18)21-19(24)20-16-7-5-15(6-8-16)14-22-9-11-23-12-10-22/h2-8,13H,9-12,14H2,1H3,(H2,20,21,24)/p+1. The summed E-state index contributed by atoms with van der Waals surface area (Å²) in [5, 5.41) is 7.08. The highest BCUT2D eigenvalue weighted by molar-refractivity contribution is 7.98. The van der Waals surface area contributed by atoms with E-state index in [1.165, 1.54) is 10.5 Å². The Labute approximate surface area is 158 Å².